The van der Waals surface area contributed by atoms with Gasteiger partial charge in [0, 0.05) is 30.1 Å². The molecule has 0 bridgehead atoms. The summed E-state index contributed by atoms with van der Waals surface area (Å²) in [5, 5.41) is 3.43. The van der Waals surface area contributed by atoms with Crippen LogP contribution in [0.25, 0.3) is 0 Å². The Morgan fingerprint density at radius 3 is 2.19 bits per heavy atom. The van der Waals surface area contributed by atoms with Gasteiger partial charge in [-0.3, -0.25) is 13.9 Å². The lowest BCUT2D eigenvalue weighted by atomic mass is 10.0. The lowest BCUT2D eigenvalue weighted by molar-refractivity contribution is -0.140. The molecule has 0 heterocycles. The van der Waals surface area contributed by atoms with Crippen molar-refractivity contribution in [2.24, 2.45) is 0 Å². The number of nitrogens with zero attached hydrogens (tertiary/aromatic N) is 2. The Morgan fingerprint density at radius 1 is 0.952 bits per heavy atom. The molecule has 0 aliphatic carbocycles. The third-order valence-electron chi connectivity index (χ3n) is 6.90. The van der Waals surface area contributed by atoms with Crippen molar-refractivity contribution in [2.45, 2.75) is 45.3 Å². The quantitative estimate of drug-likeness (QED) is 0.282. The number of halogens is 1. The van der Waals surface area contributed by atoms with Crippen molar-refractivity contribution in [2.75, 3.05) is 31.3 Å². The lowest BCUT2D eigenvalue weighted by Crippen LogP contribution is -2.54. The molecule has 0 aliphatic heterocycles. The smallest absolute Gasteiger partial charge is 0.244 e. The molecular weight excluding hydrogens is 578 g/mol. The van der Waals surface area contributed by atoms with Crippen molar-refractivity contribution < 1.29 is 27.5 Å². The van der Waals surface area contributed by atoms with Gasteiger partial charge in [-0.2, -0.15) is 0 Å². The molecule has 226 valence electrons. The first kappa shape index (κ1) is 32.8. The van der Waals surface area contributed by atoms with Crippen LogP contribution in [-0.2, 0) is 32.6 Å². The Morgan fingerprint density at radius 2 is 1.60 bits per heavy atom. The summed E-state index contributed by atoms with van der Waals surface area (Å²) in [5.74, 6) is -0.203. The van der Waals surface area contributed by atoms with E-state index in [0.29, 0.717) is 28.5 Å². The highest BCUT2D eigenvalue weighted by Crippen LogP contribution is 2.32. The molecule has 1 N–H and O–H groups in total. The molecule has 9 nitrogen and oxygen atoms in total. The van der Waals surface area contributed by atoms with Gasteiger partial charge in [-0.15, -0.1) is 0 Å². The maximum Gasteiger partial charge on any atom is 0.244 e. The molecule has 0 aliphatic rings. The molecule has 0 spiro atoms. The van der Waals surface area contributed by atoms with Gasteiger partial charge in [-0.1, -0.05) is 67.1 Å². The van der Waals surface area contributed by atoms with Gasteiger partial charge in [0.15, 0.2) is 11.5 Å². The molecule has 42 heavy (non-hydrogen) atoms. The zero-order chi connectivity index (χ0) is 30.9. The number of hydrogen-bond donors (Lipinski definition) is 1. The summed E-state index contributed by atoms with van der Waals surface area (Å²) < 4.78 is 37.7. The van der Waals surface area contributed by atoms with Crippen molar-refractivity contribution >= 4 is 39.1 Å². The minimum atomic E-state index is -3.94. The Labute approximate surface area is 253 Å². The predicted octanol–water partition coefficient (Wildman–Crippen LogP) is 4.68. The van der Waals surface area contributed by atoms with Gasteiger partial charge >= 0.3 is 0 Å². The maximum atomic E-state index is 14.2. The van der Waals surface area contributed by atoms with Crippen LogP contribution < -0.4 is 19.1 Å². The second-order valence-electron chi connectivity index (χ2n) is 9.95. The number of carbonyl (C=O) groups excluding carboxylic acids is 2. The number of nitrogens with one attached hydrogen (secondary N) is 1. The van der Waals surface area contributed by atoms with E-state index in [9.17, 15) is 18.0 Å². The number of hydrogen-bond acceptors (Lipinski definition) is 6. The SMILES string of the molecule is CC[C@H](C)NC(=O)[C@H](Cc1ccccc1)N(Cc1ccccc1Cl)C(=O)CN(c1ccc(OC)c(OC)c1)S(C)(=O)=O. The van der Waals surface area contributed by atoms with E-state index >= 15 is 0 Å². The summed E-state index contributed by atoms with van der Waals surface area (Å²) in [6.07, 6.45) is 1.93. The molecule has 3 aromatic carbocycles. The predicted molar refractivity (Wildman–Crippen MR) is 166 cm³/mol. The van der Waals surface area contributed by atoms with Crippen molar-refractivity contribution in [3.05, 3.63) is 88.9 Å². The molecule has 3 aromatic rings. The van der Waals surface area contributed by atoms with E-state index in [1.165, 1.54) is 31.3 Å². The van der Waals surface area contributed by atoms with Crippen LogP contribution in [0.5, 0.6) is 11.5 Å². The first-order chi connectivity index (χ1) is 20.0. The topological polar surface area (TPSA) is 105 Å². The third-order valence-corrected chi connectivity index (χ3v) is 8.41. The van der Waals surface area contributed by atoms with Crippen LogP contribution in [0.4, 0.5) is 5.69 Å². The summed E-state index contributed by atoms with van der Waals surface area (Å²) in [6.45, 7) is 3.28. The molecule has 3 rings (SSSR count). The molecule has 2 atom stereocenters. The summed E-state index contributed by atoms with van der Waals surface area (Å²) in [6, 6.07) is 19.9. The van der Waals surface area contributed by atoms with Crippen LogP contribution in [0.15, 0.2) is 72.8 Å². The van der Waals surface area contributed by atoms with E-state index in [1.807, 2.05) is 44.2 Å². The Balaban J connectivity index is 2.09. The van der Waals surface area contributed by atoms with Crippen LogP contribution >= 0.6 is 11.6 Å². The van der Waals surface area contributed by atoms with Crippen LogP contribution in [0.1, 0.15) is 31.4 Å². The summed E-state index contributed by atoms with van der Waals surface area (Å²) in [7, 11) is -1.03. The minimum absolute atomic E-state index is 0.00648. The van der Waals surface area contributed by atoms with Crippen LogP contribution in [-0.4, -0.2) is 64.2 Å². The average molecular weight is 616 g/mol. The summed E-state index contributed by atoms with van der Waals surface area (Å²) >= 11 is 6.49. The first-order valence-corrected chi connectivity index (χ1v) is 15.8. The normalized spacial score (nSPS) is 12.6. The number of methoxy groups -OCH3 is 2. The van der Waals surface area contributed by atoms with Crippen molar-refractivity contribution in [3.8, 4) is 11.5 Å². The maximum absolute atomic E-state index is 14.2. The number of amides is 2. The van der Waals surface area contributed by atoms with Crippen LogP contribution in [0, 0.1) is 0 Å². The molecule has 0 saturated carbocycles. The molecule has 0 aromatic heterocycles. The Hall–Kier alpha value is -3.76. The van der Waals surface area contributed by atoms with Crippen molar-refractivity contribution in [1.29, 1.82) is 0 Å². The fourth-order valence-corrected chi connectivity index (χ4v) is 5.44. The minimum Gasteiger partial charge on any atom is -0.493 e. The summed E-state index contributed by atoms with van der Waals surface area (Å²) in [4.78, 5) is 29.4. The molecule has 0 unspecified atom stereocenters. The largest absolute Gasteiger partial charge is 0.493 e. The van der Waals surface area contributed by atoms with Gasteiger partial charge in [-0.25, -0.2) is 8.42 Å². The van der Waals surface area contributed by atoms with E-state index in [2.05, 4.69) is 5.32 Å². The first-order valence-electron chi connectivity index (χ1n) is 13.5. The average Bonchev–Trinajstić information content (AvgIpc) is 2.97. The van der Waals surface area contributed by atoms with Gasteiger partial charge in [0.25, 0.3) is 0 Å². The lowest BCUT2D eigenvalue weighted by Gasteiger charge is -2.34. The fourth-order valence-electron chi connectivity index (χ4n) is 4.40. The zero-order valence-electron chi connectivity index (χ0n) is 24.5. The zero-order valence-corrected chi connectivity index (χ0v) is 26.1. The highest BCUT2D eigenvalue weighted by molar-refractivity contribution is 7.92. The molecule has 2 amide bonds. The second-order valence-corrected chi connectivity index (χ2v) is 12.3. The van der Waals surface area contributed by atoms with Gasteiger partial charge < -0.3 is 19.7 Å². The van der Waals surface area contributed by atoms with Crippen LogP contribution in [0.2, 0.25) is 5.02 Å². The Bertz CT molecular complexity index is 1470. The highest BCUT2D eigenvalue weighted by Gasteiger charge is 2.34. The number of ether oxygens (including phenoxy) is 2. The number of carbonyl (C=O) groups is 2. The molecule has 11 heteroatoms. The third kappa shape index (κ3) is 8.62. The van der Waals surface area contributed by atoms with E-state index in [4.69, 9.17) is 21.1 Å². The standard InChI is InChI=1S/C31H38ClN3O6S/c1-6-22(2)33-31(37)27(18-23-12-8-7-9-13-23)34(20-24-14-10-11-15-26(24)32)30(36)21-35(42(5,38)39)25-16-17-28(40-3)29(19-25)41-4/h7-17,19,22,27H,6,18,20-21H2,1-5H3,(H,33,37)/t22-,27-/m0/s1. The highest BCUT2D eigenvalue weighted by atomic mass is 35.5. The van der Waals surface area contributed by atoms with Gasteiger partial charge in [0.2, 0.25) is 21.8 Å². The summed E-state index contributed by atoms with van der Waals surface area (Å²) in [5.41, 5.74) is 1.68. The van der Waals surface area contributed by atoms with E-state index in [0.717, 1.165) is 16.1 Å². The van der Waals surface area contributed by atoms with E-state index < -0.39 is 28.5 Å². The van der Waals surface area contributed by atoms with Gasteiger partial charge in [0.05, 0.1) is 26.2 Å². The van der Waals surface area contributed by atoms with Crippen molar-refractivity contribution in [1.82, 2.24) is 10.2 Å². The second kappa shape index (κ2) is 14.9. The van der Waals surface area contributed by atoms with E-state index in [-0.39, 0.29) is 30.6 Å². The van der Waals surface area contributed by atoms with Gasteiger partial charge in [0.1, 0.15) is 12.6 Å². The number of anilines is 1. The molecule has 0 fully saturated rings. The molecule has 0 saturated heterocycles. The van der Waals surface area contributed by atoms with Crippen molar-refractivity contribution in [3.63, 3.8) is 0 Å². The Kier molecular flexibility index (Phi) is 11.6. The number of rotatable bonds is 14. The monoisotopic (exact) mass is 615 g/mol. The van der Waals surface area contributed by atoms with Gasteiger partial charge in [-0.05, 0) is 42.7 Å². The van der Waals surface area contributed by atoms with E-state index in [1.54, 1.807) is 30.3 Å². The molecule has 0 radical (unpaired) electrons. The number of sulfonamides is 1. The fraction of sp³-hybridized carbons (Fsp3) is 0.355. The molecular formula is C31H38ClN3O6S. The number of benzene rings is 3. The van der Waals surface area contributed by atoms with Crippen LogP contribution in [0.3, 0.4) is 0 Å².